The standard InChI is InChI=1S/C13H6ClF5/c14-13(7-2-1-6(15)3-9(7)16)8-4-11(18)12(19)5-10(8)17/h1-5,13H. The van der Waals surface area contributed by atoms with Crippen molar-refractivity contribution >= 4 is 11.6 Å². The molecule has 0 nitrogen and oxygen atoms in total. The highest BCUT2D eigenvalue weighted by atomic mass is 35.5. The lowest BCUT2D eigenvalue weighted by molar-refractivity contribution is 0.490. The smallest absolute Gasteiger partial charge is 0.161 e. The molecule has 0 amide bonds. The molecule has 1 atom stereocenters. The van der Waals surface area contributed by atoms with Crippen LogP contribution < -0.4 is 0 Å². The number of benzene rings is 2. The molecule has 0 bridgehead atoms. The zero-order valence-electron chi connectivity index (χ0n) is 9.23. The van der Waals surface area contributed by atoms with Gasteiger partial charge in [0, 0.05) is 23.3 Å². The third-order valence-corrected chi connectivity index (χ3v) is 3.02. The molecule has 0 aliphatic carbocycles. The highest BCUT2D eigenvalue weighted by Gasteiger charge is 2.21. The second-order valence-electron chi connectivity index (χ2n) is 3.82. The average Bonchev–Trinajstić information content (AvgIpc) is 2.33. The molecule has 2 aromatic carbocycles. The van der Waals surface area contributed by atoms with Gasteiger partial charge in [0.25, 0.3) is 0 Å². The summed E-state index contributed by atoms with van der Waals surface area (Å²) in [5.74, 6) is -5.60. The second kappa shape index (κ2) is 5.17. The third kappa shape index (κ3) is 2.71. The van der Waals surface area contributed by atoms with Gasteiger partial charge in [-0.1, -0.05) is 6.07 Å². The van der Waals surface area contributed by atoms with Crippen molar-refractivity contribution in [3.63, 3.8) is 0 Å². The summed E-state index contributed by atoms with van der Waals surface area (Å²) in [6.07, 6.45) is 0. The van der Waals surface area contributed by atoms with Crippen molar-refractivity contribution in [2.75, 3.05) is 0 Å². The van der Waals surface area contributed by atoms with Gasteiger partial charge in [-0.25, -0.2) is 22.0 Å². The van der Waals surface area contributed by atoms with E-state index in [1.807, 2.05) is 0 Å². The van der Waals surface area contributed by atoms with Crippen LogP contribution in [0.1, 0.15) is 16.5 Å². The molecule has 6 heteroatoms. The van der Waals surface area contributed by atoms with E-state index in [-0.39, 0.29) is 5.56 Å². The maximum atomic E-state index is 13.5. The fourth-order valence-corrected chi connectivity index (χ4v) is 1.95. The molecule has 2 aromatic rings. The van der Waals surface area contributed by atoms with Crippen molar-refractivity contribution in [2.24, 2.45) is 0 Å². The van der Waals surface area contributed by atoms with Crippen LogP contribution in [0, 0.1) is 29.1 Å². The normalized spacial score (nSPS) is 12.5. The van der Waals surface area contributed by atoms with Gasteiger partial charge < -0.3 is 0 Å². The van der Waals surface area contributed by atoms with Gasteiger partial charge in [0.2, 0.25) is 0 Å². The summed E-state index contributed by atoms with van der Waals surface area (Å²) >= 11 is 5.83. The van der Waals surface area contributed by atoms with Crippen molar-refractivity contribution in [1.29, 1.82) is 0 Å². The summed E-state index contributed by atoms with van der Waals surface area (Å²) < 4.78 is 65.5. The number of halogens is 6. The summed E-state index contributed by atoms with van der Waals surface area (Å²) in [6, 6.07) is 3.39. The quantitative estimate of drug-likeness (QED) is 0.427. The Hall–Kier alpha value is -1.62. The first-order valence-electron chi connectivity index (χ1n) is 5.13. The van der Waals surface area contributed by atoms with Crippen LogP contribution in [0.4, 0.5) is 22.0 Å². The molecule has 2 rings (SSSR count). The minimum atomic E-state index is -1.39. The van der Waals surface area contributed by atoms with Gasteiger partial charge in [-0.15, -0.1) is 11.6 Å². The van der Waals surface area contributed by atoms with Crippen LogP contribution in [0.15, 0.2) is 30.3 Å². The molecule has 0 aliphatic rings. The SMILES string of the molecule is Fc1ccc(C(Cl)c2cc(F)c(F)cc2F)c(F)c1. The zero-order valence-corrected chi connectivity index (χ0v) is 9.99. The Bertz CT molecular complexity index is 627. The third-order valence-electron chi connectivity index (χ3n) is 2.55. The van der Waals surface area contributed by atoms with Crippen molar-refractivity contribution in [2.45, 2.75) is 5.38 Å². The predicted molar refractivity (Wildman–Crippen MR) is 60.4 cm³/mol. The molecule has 0 saturated carbocycles. The fourth-order valence-electron chi connectivity index (χ4n) is 1.61. The Morgan fingerprint density at radius 3 is 1.89 bits per heavy atom. The minimum absolute atomic E-state index is 0.229. The first-order valence-corrected chi connectivity index (χ1v) is 5.57. The summed E-state index contributed by atoms with van der Waals surface area (Å²) in [5.41, 5.74) is -0.654. The summed E-state index contributed by atoms with van der Waals surface area (Å²) in [6.45, 7) is 0. The topological polar surface area (TPSA) is 0 Å². The molecule has 100 valence electrons. The van der Waals surface area contributed by atoms with Crippen molar-refractivity contribution < 1.29 is 22.0 Å². The Kier molecular flexibility index (Phi) is 3.75. The van der Waals surface area contributed by atoms with E-state index in [4.69, 9.17) is 11.6 Å². The van der Waals surface area contributed by atoms with E-state index in [0.717, 1.165) is 12.1 Å². The number of hydrogen-bond donors (Lipinski definition) is 0. The summed E-state index contributed by atoms with van der Waals surface area (Å²) in [4.78, 5) is 0. The van der Waals surface area contributed by atoms with Gasteiger partial charge >= 0.3 is 0 Å². The van der Waals surface area contributed by atoms with E-state index in [2.05, 4.69) is 0 Å². The van der Waals surface area contributed by atoms with Gasteiger partial charge in [0.15, 0.2) is 11.6 Å². The second-order valence-corrected chi connectivity index (χ2v) is 4.25. The molecular formula is C13H6ClF5. The number of rotatable bonds is 2. The Morgan fingerprint density at radius 2 is 1.26 bits per heavy atom. The van der Waals surface area contributed by atoms with E-state index in [1.165, 1.54) is 0 Å². The molecule has 0 N–H and O–H groups in total. The largest absolute Gasteiger partial charge is 0.207 e. The minimum Gasteiger partial charge on any atom is -0.207 e. The average molecular weight is 293 g/mol. The van der Waals surface area contributed by atoms with E-state index in [9.17, 15) is 22.0 Å². The van der Waals surface area contributed by atoms with E-state index < -0.39 is 40.0 Å². The predicted octanol–water partition coefficient (Wildman–Crippen LogP) is 4.71. The van der Waals surface area contributed by atoms with E-state index in [1.54, 1.807) is 0 Å². The van der Waals surface area contributed by atoms with Crippen molar-refractivity contribution in [3.8, 4) is 0 Å². The van der Waals surface area contributed by atoms with Crippen LogP contribution in [0.3, 0.4) is 0 Å². The lowest BCUT2D eigenvalue weighted by Crippen LogP contribution is -2.02. The Balaban J connectivity index is 2.49. The van der Waals surface area contributed by atoms with Gasteiger partial charge in [0.05, 0.1) is 5.38 Å². The molecule has 0 aliphatic heterocycles. The van der Waals surface area contributed by atoms with Crippen molar-refractivity contribution in [3.05, 3.63) is 70.5 Å². The highest BCUT2D eigenvalue weighted by Crippen LogP contribution is 2.33. The van der Waals surface area contributed by atoms with E-state index in [0.29, 0.717) is 18.2 Å². The Morgan fingerprint density at radius 1 is 0.684 bits per heavy atom. The first kappa shape index (κ1) is 13.8. The molecule has 19 heavy (non-hydrogen) atoms. The lowest BCUT2D eigenvalue weighted by Gasteiger charge is -2.12. The maximum absolute atomic E-state index is 13.5. The van der Waals surface area contributed by atoms with E-state index >= 15 is 0 Å². The van der Waals surface area contributed by atoms with Gasteiger partial charge in [-0.05, 0) is 12.1 Å². The van der Waals surface area contributed by atoms with Crippen LogP contribution in [0.2, 0.25) is 0 Å². The lowest BCUT2D eigenvalue weighted by atomic mass is 10.0. The molecule has 0 heterocycles. The molecular weight excluding hydrogens is 287 g/mol. The highest BCUT2D eigenvalue weighted by molar-refractivity contribution is 6.22. The van der Waals surface area contributed by atoms with Crippen LogP contribution in [-0.4, -0.2) is 0 Å². The molecule has 0 saturated heterocycles. The number of alkyl halides is 1. The van der Waals surface area contributed by atoms with Crippen LogP contribution in [-0.2, 0) is 0 Å². The monoisotopic (exact) mass is 292 g/mol. The van der Waals surface area contributed by atoms with Crippen LogP contribution >= 0.6 is 11.6 Å². The first-order chi connectivity index (χ1) is 8.90. The zero-order chi connectivity index (χ0) is 14.2. The maximum Gasteiger partial charge on any atom is 0.161 e. The fraction of sp³-hybridized carbons (Fsp3) is 0.0769. The van der Waals surface area contributed by atoms with Gasteiger partial charge in [-0.2, -0.15) is 0 Å². The summed E-state index contributed by atoms with van der Waals surface area (Å²) in [5, 5.41) is -1.39. The molecule has 1 unspecified atom stereocenters. The van der Waals surface area contributed by atoms with Gasteiger partial charge in [0.1, 0.15) is 17.5 Å². The van der Waals surface area contributed by atoms with Crippen LogP contribution in [0.25, 0.3) is 0 Å². The summed E-state index contributed by atoms with van der Waals surface area (Å²) in [7, 11) is 0. The van der Waals surface area contributed by atoms with Crippen LogP contribution in [0.5, 0.6) is 0 Å². The van der Waals surface area contributed by atoms with Gasteiger partial charge in [-0.3, -0.25) is 0 Å². The molecule has 0 spiro atoms. The van der Waals surface area contributed by atoms with Crippen molar-refractivity contribution in [1.82, 2.24) is 0 Å². The molecule has 0 radical (unpaired) electrons. The number of hydrogen-bond acceptors (Lipinski definition) is 0. The molecule has 0 fully saturated rings. The Labute approximate surface area is 110 Å². The molecule has 0 aromatic heterocycles.